The summed E-state index contributed by atoms with van der Waals surface area (Å²) < 4.78 is 5.62. The van der Waals surface area contributed by atoms with E-state index >= 15 is 0 Å². The fourth-order valence-corrected chi connectivity index (χ4v) is 5.05. The highest BCUT2D eigenvalue weighted by atomic mass is 16.5. The highest BCUT2D eigenvalue weighted by molar-refractivity contribution is 6.11. The first-order valence-electron chi connectivity index (χ1n) is 16.5. The van der Waals surface area contributed by atoms with Crippen LogP contribution in [0.5, 0.6) is 5.75 Å². The van der Waals surface area contributed by atoms with Crippen LogP contribution < -0.4 is 15.8 Å². The zero-order valence-electron chi connectivity index (χ0n) is 27.7. The molecule has 46 heavy (non-hydrogen) atoms. The van der Waals surface area contributed by atoms with Crippen molar-refractivity contribution in [2.75, 3.05) is 6.61 Å². The highest BCUT2D eigenvalue weighted by Gasteiger charge is 2.61. The summed E-state index contributed by atoms with van der Waals surface area (Å²) in [5.74, 6) is -5.40. The Morgan fingerprint density at radius 1 is 0.870 bits per heavy atom. The zero-order chi connectivity index (χ0) is 34.6. The lowest BCUT2D eigenvalue weighted by Gasteiger charge is -2.36. The Morgan fingerprint density at radius 3 is 1.96 bits per heavy atom. The SMILES string of the molecule is CCCCCCCC(=O)CCCCCC/C=C/[C@](C)(C(=O)N[C@@H](Cc1ccc(OCCCC)cc1)C(=O)O)[C@](O)(C(N)=O)C(=O)O. The number of hydrogen-bond donors (Lipinski definition) is 5. The average molecular weight is 647 g/mol. The number of benzene rings is 1. The van der Waals surface area contributed by atoms with E-state index < -0.39 is 40.8 Å². The lowest BCUT2D eigenvalue weighted by molar-refractivity contribution is -0.180. The summed E-state index contributed by atoms with van der Waals surface area (Å²) in [6.45, 7) is 5.77. The molecule has 258 valence electrons. The van der Waals surface area contributed by atoms with Gasteiger partial charge in [0.15, 0.2) is 0 Å². The second-order valence-electron chi connectivity index (χ2n) is 12.1. The van der Waals surface area contributed by atoms with Crippen LogP contribution in [0.4, 0.5) is 0 Å². The topological polar surface area (TPSA) is 193 Å². The van der Waals surface area contributed by atoms with Gasteiger partial charge in [0.25, 0.3) is 11.5 Å². The van der Waals surface area contributed by atoms with E-state index in [1.54, 1.807) is 24.3 Å². The molecule has 0 spiro atoms. The van der Waals surface area contributed by atoms with Crippen molar-refractivity contribution in [2.45, 2.75) is 129 Å². The molecule has 1 rings (SSSR count). The third kappa shape index (κ3) is 12.9. The number of ether oxygens (including phenoxy) is 1. The van der Waals surface area contributed by atoms with Gasteiger partial charge in [0.2, 0.25) is 5.91 Å². The van der Waals surface area contributed by atoms with Gasteiger partial charge in [-0.25, -0.2) is 9.59 Å². The molecule has 11 heteroatoms. The number of nitrogens with one attached hydrogen (secondary N) is 1. The summed E-state index contributed by atoms with van der Waals surface area (Å²) in [6.07, 6.45) is 14.4. The number of aliphatic carboxylic acids is 2. The Kier molecular flexibility index (Phi) is 18.5. The van der Waals surface area contributed by atoms with Crippen LogP contribution in [-0.4, -0.2) is 63.1 Å². The molecule has 2 amide bonds. The van der Waals surface area contributed by atoms with Gasteiger partial charge in [-0.3, -0.25) is 14.4 Å². The number of amides is 2. The number of carboxylic acid groups (broad SMARTS) is 2. The Balaban J connectivity index is 2.87. The van der Waals surface area contributed by atoms with Crippen molar-refractivity contribution < 1.29 is 44.0 Å². The van der Waals surface area contributed by atoms with Crippen molar-refractivity contribution in [3.63, 3.8) is 0 Å². The van der Waals surface area contributed by atoms with Gasteiger partial charge in [-0.05, 0) is 56.7 Å². The lowest BCUT2D eigenvalue weighted by atomic mass is 9.71. The molecule has 0 heterocycles. The van der Waals surface area contributed by atoms with Crippen molar-refractivity contribution in [1.82, 2.24) is 5.32 Å². The molecule has 0 unspecified atom stereocenters. The van der Waals surface area contributed by atoms with Crippen molar-refractivity contribution in [3.05, 3.63) is 42.0 Å². The number of primary amides is 1. The first-order chi connectivity index (χ1) is 21.8. The van der Waals surface area contributed by atoms with E-state index in [1.165, 1.54) is 12.5 Å². The third-order valence-electron chi connectivity index (χ3n) is 8.21. The molecule has 0 aliphatic carbocycles. The summed E-state index contributed by atoms with van der Waals surface area (Å²) in [6, 6.07) is 5.18. The Labute approximate surface area is 273 Å². The summed E-state index contributed by atoms with van der Waals surface area (Å²) in [5.41, 5.74) is 0.0619. The number of hydrogen-bond acceptors (Lipinski definition) is 7. The van der Waals surface area contributed by atoms with Crippen molar-refractivity contribution >= 4 is 29.5 Å². The number of carbonyl (C=O) groups is 5. The number of rotatable bonds is 26. The van der Waals surface area contributed by atoms with Crippen LogP contribution in [0.25, 0.3) is 0 Å². The van der Waals surface area contributed by atoms with E-state index in [4.69, 9.17) is 10.5 Å². The summed E-state index contributed by atoms with van der Waals surface area (Å²) in [7, 11) is 0. The van der Waals surface area contributed by atoms with Crippen LogP contribution >= 0.6 is 0 Å². The summed E-state index contributed by atoms with van der Waals surface area (Å²) >= 11 is 0. The maximum Gasteiger partial charge on any atom is 0.347 e. The standard InChI is InChI=1S/C35H54N2O9/c1-4-6-8-11-14-17-27(38)18-15-12-9-10-13-16-23-34(3,35(45,31(36)41)33(43)44)32(42)37-29(30(39)40)25-26-19-21-28(22-20-26)46-24-7-5-2/h16,19-23,29,45H,4-15,17-18,24-25H2,1-3H3,(H2,36,41)(H,37,42)(H,39,40)(H,43,44)/b23-16+/t29-,34+,35-/m0/s1. The third-order valence-corrected chi connectivity index (χ3v) is 8.21. The average Bonchev–Trinajstić information content (AvgIpc) is 3.01. The monoisotopic (exact) mass is 646 g/mol. The van der Waals surface area contributed by atoms with E-state index in [2.05, 4.69) is 12.2 Å². The van der Waals surface area contributed by atoms with E-state index in [1.807, 2.05) is 6.92 Å². The van der Waals surface area contributed by atoms with Gasteiger partial charge in [0, 0.05) is 19.3 Å². The predicted molar refractivity (Wildman–Crippen MR) is 175 cm³/mol. The number of ketones is 1. The Morgan fingerprint density at radius 2 is 1.43 bits per heavy atom. The second kappa shape index (κ2) is 21.1. The molecule has 0 fully saturated rings. The maximum absolute atomic E-state index is 13.5. The smallest absolute Gasteiger partial charge is 0.347 e. The minimum Gasteiger partial charge on any atom is -0.494 e. The molecule has 1 aromatic carbocycles. The summed E-state index contributed by atoms with van der Waals surface area (Å²) in [5, 5.41) is 32.9. The van der Waals surface area contributed by atoms with E-state index in [9.17, 15) is 39.3 Å². The van der Waals surface area contributed by atoms with Crippen LogP contribution in [-0.2, 0) is 30.4 Å². The molecule has 0 aromatic heterocycles. The molecule has 1 aromatic rings. The molecule has 3 atom stereocenters. The van der Waals surface area contributed by atoms with Crippen LogP contribution in [0.3, 0.4) is 0 Å². The second-order valence-corrected chi connectivity index (χ2v) is 12.1. The van der Waals surface area contributed by atoms with Gasteiger partial charge < -0.3 is 31.1 Å². The quantitative estimate of drug-likeness (QED) is 0.0516. The molecule has 0 radical (unpaired) electrons. The first kappa shape index (κ1) is 40.3. The molecule has 0 saturated heterocycles. The van der Waals surface area contributed by atoms with E-state index in [0.29, 0.717) is 43.6 Å². The van der Waals surface area contributed by atoms with E-state index in [0.717, 1.165) is 70.8 Å². The normalized spacial score (nSPS) is 14.6. The number of unbranched alkanes of at least 4 members (excludes halogenated alkanes) is 9. The molecule has 0 saturated carbocycles. The highest BCUT2D eigenvalue weighted by Crippen LogP contribution is 2.35. The maximum atomic E-state index is 13.5. The summed E-state index contributed by atoms with van der Waals surface area (Å²) in [4.78, 5) is 62.0. The number of carboxylic acids is 2. The fourth-order valence-electron chi connectivity index (χ4n) is 5.05. The van der Waals surface area contributed by atoms with Gasteiger partial charge in [-0.1, -0.05) is 83.1 Å². The Bertz CT molecular complexity index is 1140. The minimum absolute atomic E-state index is 0.153. The van der Waals surface area contributed by atoms with Crippen LogP contribution in [0.2, 0.25) is 0 Å². The first-order valence-corrected chi connectivity index (χ1v) is 16.5. The van der Waals surface area contributed by atoms with Crippen molar-refractivity contribution in [2.24, 2.45) is 11.1 Å². The number of allylic oxidation sites excluding steroid dienone is 1. The molecule has 0 aliphatic rings. The van der Waals surface area contributed by atoms with Crippen LogP contribution in [0.1, 0.15) is 116 Å². The number of aliphatic hydroxyl groups is 1. The molecular formula is C35H54N2O9. The molecular weight excluding hydrogens is 592 g/mol. The minimum atomic E-state index is -3.36. The zero-order valence-corrected chi connectivity index (χ0v) is 27.7. The van der Waals surface area contributed by atoms with E-state index in [-0.39, 0.29) is 12.2 Å². The lowest BCUT2D eigenvalue weighted by Crippen LogP contribution is -2.66. The number of carbonyl (C=O) groups excluding carboxylic acids is 3. The van der Waals surface area contributed by atoms with Gasteiger partial charge in [0.1, 0.15) is 23.0 Å². The van der Waals surface area contributed by atoms with Crippen molar-refractivity contribution in [3.8, 4) is 5.75 Å². The van der Waals surface area contributed by atoms with Gasteiger partial charge in [-0.15, -0.1) is 0 Å². The molecule has 0 bridgehead atoms. The number of nitrogens with two attached hydrogens (primary N) is 1. The van der Waals surface area contributed by atoms with Gasteiger partial charge >= 0.3 is 11.9 Å². The molecule has 6 N–H and O–H groups in total. The van der Waals surface area contributed by atoms with Crippen molar-refractivity contribution in [1.29, 1.82) is 0 Å². The van der Waals surface area contributed by atoms with Crippen LogP contribution in [0.15, 0.2) is 36.4 Å². The fraction of sp³-hybridized carbons (Fsp3) is 0.629. The predicted octanol–water partition coefficient (Wildman–Crippen LogP) is 5.11. The van der Waals surface area contributed by atoms with Gasteiger partial charge in [-0.2, -0.15) is 0 Å². The molecule has 0 aliphatic heterocycles. The molecule has 11 nitrogen and oxygen atoms in total. The Hall–Kier alpha value is -3.73. The van der Waals surface area contributed by atoms with Gasteiger partial charge in [0.05, 0.1) is 6.61 Å². The number of Topliss-reactive ketones (excluding diaryl/α,β-unsaturated/α-hetero) is 1. The largest absolute Gasteiger partial charge is 0.494 e. The van der Waals surface area contributed by atoms with Crippen LogP contribution in [0, 0.1) is 5.41 Å².